The van der Waals surface area contributed by atoms with Gasteiger partial charge < -0.3 is 15.3 Å². The molecular formula is C17H23N3O2S2. The van der Waals surface area contributed by atoms with E-state index in [0.29, 0.717) is 24.0 Å². The summed E-state index contributed by atoms with van der Waals surface area (Å²) >= 11 is 3.22. The van der Waals surface area contributed by atoms with Gasteiger partial charge in [-0.1, -0.05) is 18.7 Å². The monoisotopic (exact) mass is 365 g/mol. The van der Waals surface area contributed by atoms with Gasteiger partial charge in [-0.2, -0.15) is 0 Å². The third-order valence-corrected chi connectivity index (χ3v) is 6.53. The summed E-state index contributed by atoms with van der Waals surface area (Å²) in [6.07, 6.45) is 3.27. The molecule has 130 valence electrons. The molecule has 0 bridgehead atoms. The number of Topliss-reactive ketones (excluding diaryl/α,β-unsaturated/α-hetero) is 1. The zero-order valence-corrected chi connectivity index (χ0v) is 16.0. The molecule has 2 aromatic heterocycles. The van der Waals surface area contributed by atoms with E-state index < -0.39 is 0 Å². The van der Waals surface area contributed by atoms with Crippen molar-refractivity contribution < 1.29 is 9.53 Å². The van der Waals surface area contributed by atoms with Gasteiger partial charge in [0.05, 0.1) is 17.6 Å². The number of ether oxygens (including phenoxy) is 1. The average Bonchev–Trinajstić information content (AvgIpc) is 2.89. The molecule has 0 saturated carbocycles. The lowest BCUT2D eigenvalue weighted by atomic mass is 9.90. The molecule has 1 atom stereocenters. The molecule has 1 unspecified atom stereocenters. The molecule has 24 heavy (non-hydrogen) atoms. The Kier molecular flexibility index (Phi) is 5.13. The van der Waals surface area contributed by atoms with Crippen LogP contribution in [-0.2, 0) is 22.6 Å². The van der Waals surface area contributed by atoms with Crippen molar-refractivity contribution in [3.05, 3.63) is 10.4 Å². The minimum atomic E-state index is -0.131. The van der Waals surface area contributed by atoms with Crippen LogP contribution in [0, 0.1) is 0 Å². The summed E-state index contributed by atoms with van der Waals surface area (Å²) in [6, 6.07) is 0. The number of hydrogen-bond donors (Lipinski definition) is 1. The zero-order chi connectivity index (χ0) is 17.3. The first-order valence-electron chi connectivity index (χ1n) is 8.26. The number of nitrogen functional groups attached to an aromatic ring is 1. The van der Waals surface area contributed by atoms with Crippen molar-refractivity contribution in [3.8, 4) is 0 Å². The second-order valence-electron chi connectivity index (χ2n) is 6.50. The van der Waals surface area contributed by atoms with E-state index >= 15 is 0 Å². The number of hydrogen-bond acceptors (Lipinski definition) is 7. The summed E-state index contributed by atoms with van der Waals surface area (Å²) in [5, 5.41) is 1.70. The number of rotatable bonds is 6. The van der Waals surface area contributed by atoms with Crippen molar-refractivity contribution in [3.63, 3.8) is 0 Å². The Hall–Kier alpha value is -1.18. The summed E-state index contributed by atoms with van der Waals surface area (Å²) in [5.41, 5.74) is 7.38. The topological polar surface area (TPSA) is 78.1 Å². The Labute approximate surface area is 150 Å². The SMILES string of the molecule is CCC1(C)Cc2c(sc3nc(SCCCC(C)=O)nc(N)c23)CO1. The second-order valence-corrected chi connectivity index (χ2v) is 8.64. The molecule has 0 amide bonds. The van der Waals surface area contributed by atoms with Crippen LogP contribution in [0.25, 0.3) is 10.2 Å². The number of nitrogens with two attached hydrogens (primary N) is 1. The fraction of sp³-hybridized carbons (Fsp3) is 0.588. The number of nitrogens with zero attached hydrogens (tertiary/aromatic N) is 2. The quantitative estimate of drug-likeness (QED) is 0.474. The number of carbonyl (C=O) groups is 1. The summed E-state index contributed by atoms with van der Waals surface area (Å²) < 4.78 is 6.03. The number of carbonyl (C=O) groups excluding carboxylic acids is 1. The average molecular weight is 366 g/mol. The van der Waals surface area contributed by atoms with Gasteiger partial charge >= 0.3 is 0 Å². The number of aromatic nitrogens is 2. The maximum absolute atomic E-state index is 11.0. The van der Waals surface area contributed by atoms with Gasteiger partial charge in [0.2, 0.25) is 0 Å². The Bertz CT molecular complexity index is 775. The highest BCUT2D eigenvalue weighted by Crippen LogP contribution is 2.41. The van der Waals surface area contributed by atoms with Crippen LogP contribution in [-0.4, -0.2) is 27.1 Å². The van der Waals surface area contributed by atoms with Crippen molar-refractivity contribution in [1.82, 2.24) is 9.97 Å². The van der Waals surface area contributed by atoms with Crippen LogP contribution in [0.2, 0.25) is 0 Å². The molecule has 0 saturated heterocycles. The third kappa shape index (κ3) is 3.58. The number of thioether (sulfide) groups is 1. The first kappa shape index (κ1) is 17.6. The van der Waals surface area contributed by atoms with E-state index in [-0.39, 0.29) is 11.4 Å². The molecule has 1 aliphatic heterocycles. The van der Waals surface area contributed by atoms with Crippen LogP contribution in [0.4, 0.5) is 5.82 Å². The second kappa shape index (κ2) is 6.98. The van der Waals surface area contributed by atoms with Crippen molar-refractivity contribution in [1.29, 1.82) is 0 Å². The minimum Gasteiger partial charge on any atom is -0.383 e. The molecule has 3 rings (SSSR count). The van der Waals surface area contributed by atoms with Crippen LogP contribution in [0.5, 0.6) is 0 Å². The molecule has 0 radical (unpaired) electrons. The summed E-state index contributed by atoms with van der Waals surface area (Å²) in [4.78, 5) is 22.3. The molecule has 2 N–H and O–H groups in total. The standard InChI is InChI=1S/C17H23N3O2S2/c1-4-17(3)8-11-12(9-22-17)24-15-13(11)14(18)19-16(20-15)23-7-5-6-10(2)21/h4-9H2,1-3H3,(H2,18,19,20). The first-order valence-corrected chi connectivity index (χ1v) is 10.1. The lowest BCUT2D eigenvalue weighted by molar-refractivity contribution is -0.117. The van der Waals surface area contributed by atoms with E-state index in [2.05, 4.69) is 23.8 Å². The van der Waals surface area contributed by atoms with Gasteiger partial charge in [0.1, 0.15) is 16.4 Å². The highest BCUT2D eigenvalue weighted by molar-refractivity contribution is 7.99. The van der Waals surface area contributed by atoms with Crippen LogP contribution < -0.4 is 5.73 Å². The Morgan fingerprint density at radius 3 is 2.96 bits per heavy atom. The smallest absolute Gasteiger partial charge is 0.190 e. The Morgan fingerprint density at radius 1 is 1.46 bits per heavy atom. The first-order chi connectivity index (χ1) is 11.4. The molecule has 0 aromatic carbocycles. The van der Waals surface area contributed by atoms with E-state index in [4.69, 9.17) is 10.5 Å². The van der Waals surface area contributed by atoms with Crippen molar-refractivity contribution in [2.24, 2.45) is 0 Å². The predicted molar refractivity (Wildman–Crippen MR) is 99.7 cm³/mol. The summed E-state index contributed by atoms with van der Waals surface area (Å²) in [6.45, 7) is 6.54. The minimum absolute atomic E-state index is 0.131. The van der Waals surface area contributed by atoms with Gasteiger partial charge in [0, 0.05) is 23.5 Å². The normalized spacial score (nSPS) is 20.3. The molecule has 3 heterocycles. The van der Waals surface area contributed by atoms with Gasteiger partial charge in [0.25, 0.3) is 0 Å². The molecule has 0 aliphatic carbocycles. The molecule has 0 fully saturated rings. The third-order valence-electron chi connectivity index (χ3n) is 4.50. The maximum Gasteiger partial charge on any atom is 0.190 e. The van der Waals surface area contributed by atoms with Gasteiger partial charge in [-0.3, -0.25) is 0 Å². The highest BCUT2D eigenvalue weighted by atomic mass is 32.2. The number of thiophene rings is 1. The number of anilines is 1. The maximum atomic E-state index is 11.0. The van der Waals surface area contributed by atoms with E-state index in [1.54, 1.807) is 30.0 Å². The summed E-state index contributed by atoms with van der Waals surface area (Å²) in [7, 11) is 0. The lowest BCUT2D eigenvalue weighted by Crippen LogP contribution is -2.33. The van der Waals surface area contributed by atoms with Crippen LogP contribution >= 0.6 is 23.1 Å². The lowest BCUT2D eigenvalue weighted by Gasteiger charge is -2.33. The number of fused-ring (bicyclic) bond motifs is 3. The van der Waals surface area contributed by atoms with Crippen molar-refractivity contribution in [2.45, 2.75) is 63.8 Å². The van der Waals surface area contributed by atoms with E-state index in [1.165, 1.54) is 10.4 Å². The molecule has 2 aromatic rings. The molecule has 7 heteroatoms. The predicted octanol–water partition coefficient (Wildman–Crippen LogP) is 3.98. The van der Waals surface area contributed by atoms with Gasteiger partial charge in [-0.05, 0) is 32.3 Å². The molecule has 1 aliphatic rings. The van der Waals surface area contributed by atoms with Gasteiger partial charge in [-0.15, -0.1) is 11.3 Å². The van der Waals surface area contributed by atoms with E-state index in [1.807, 2.05) is 0 Å². The van der Waals surface area contributed by atoms with Crippen molar-refractivity contribution in [2.75, 3.05) is 11.5 Å². The van der Waals surface area contributed by atoms with Crippen LogP contribution in [0.3, 0.4) is 0 Å². The highest BCUT2D eigenvalue weighted by Gasteiger charge is 2.32. The Morgan fingerprint density at radius 2 is 2.25 bits per heavy atom. The number of ketones is 1. The van der Waals surface area contributed by atoms with E-state index in [9.17, 15) is 4.79 Å². The zero-order valence-electron chi connectivity index (χ0n) is 14.3. The molecule has 0 spiro atoms. The van der Waals surface area contributed by atoms with Crippen molar-refractivity contribution >= 4 is 44.9 Å². The Balaban J connectivity index is 1.84. The largest absolute Gasteiger partial charge is 0.383 e. The van der Waals surface area contributed by atoms with E-state index in [0.717, 1.165) is 35.2 Å². The van der Waals surface area contributed by atoms with Gasteiger partial charge in [0.15, 0.2) is 5.16 Å². The van der Waals surface area contributed by atoms with Gasteiger partial charge in [-0.25, -0.2) is 9.97 Å². The fourth-order valence-corrected chi connectivity index (χ4v) is 4.81. The van der Waals surface area contributed by atoms with Crippen LogP contribution in [0.1, 0.15) is 50.5 Å². The molecular weight excluding hydrogens is 342 g/mol. The van der Waals surface area contributed by atoms with Crippen LogP contribution in [0.15, 0.2) is 5.16 Å². The fourth-order valence-electron chi connectivity index (χ4n) is 2.86. The summed E-state index contributed by atoms with van der Waals surface area (Å²) in [5.74, 6) is 1.61. The molecule has 5 nitrogen and oxygen atoms in total.